The lowest BCUT2D eigenvalue weighted by Crippen LogP contribution is -2.44. The number of hydrogen-bond acceptors (Lipinski definition) is 6. The molecule has 1 unspecified atom stereocenters. The lowest BCUT2D eigenvalue weighted by Gasteiger charge is -2.29. The van der Waals surface area contributed by atoms with Crippen molar-refractivity contribution >= 4 is 23.5 Å². The molecule has 1 aliphatic heterocycles. The quantitative estimate of drug-likeness (QED) is 0.904. The number of carbonyl (C=O) groups excluding carboxylic acids is 1. The van der Waals surface area contributed by atoms with Gasteiger partial charge in [-0.25, -0.2) is 0 Å². The van der Waals surface area contributed by atoms with Crippen LogP contribution < -0.4 is 10.1 Å². The zero-order valence-corrected chi connectivity index (χ0v) is 12.4. The summed E-state index contributed by atoms with van der Waals surface area (Å²) >= 11 is 5.76. The molecule has 1 aromatic rings. The van der Waals surface area contributed by atoms with E-state index in [2.05, 4.69) is 20.3 Å². The number of nitrogens with zero attached hydrogens (tertiary/aromatic N) is 4. The third-order valence-electron chi connectivity index (χ3n) is 3.15. The third kappa shape index (κ3) is 3.69. The van der Waals surface area contributed by atoms with E-state index >= 15 is 0 Å². The van der Waals surface area contributed by atoms with Crippen molar-refractivity contribution in [2.45, 2.75) is 32.2 Å². The predicted octanol–water partition coefficient (Wildman–Crippen LogP) is 1.35. The van der Waals surface area contributed by atoms with Crippen molar-refractivity contribution in [2.24, 2.45) is 0 Å². The molecule has 0 aromatic carbocycles. The molecule has 7 nitrogen and oxygen atoms in total. The molecule has 110 valence electrons. The van der Waals surface area contributed by atoms with Crippen LogP contribution in [0, 0.1) is 0 Å². The van der Waals surface area contributed by atoms with Gasteiger partial charge in [0.05, 0.1) is 7.11 Å². The number of carbonyl (C=O) groups is 1. The van der Waals surface area contributed by atoms with E-state index in [1.807, 2.05) is 4.90 Å². The van der Waals surface area contributed by atoms with Gasteiger partial charge in [0.2, 0.25) is 17.1 Å². The number of piperidine rings is 1. The van der Waals surface area contributed by atoms with Crippen LogP contribution in [0.25, 0.3) is 0 Å². The molecule has 2 heterocycles. The summed E-state index contributed by atoms with van der Waals surface area (Å²) in [5.74, 6) is 0.278. The van der Waals surface area contributed by atoms with E-state index in [0.29, 0.717) is 0 Å². The van der Waals surface area contributed by atoms with Crippen molar-refractivity contribution in [2.75, 3.05) is 25.5 Å². The largest absolute Gasteiger partial charge is 0.467 e. The summed E-state index contributed by atoms with van der Waals surface area (Å²) in [6.07, 6.45) is 3.31. The minimum Gasteiger partial charge on any atom is -0.467 e. The molecule has 0 radical (unpaired) electrons. The highest BCUT2D eigenvalue weighted by atomic mass is 35.5. The van der Waals surface area contributed by atoms with E-state index in [1.54, 1.807) is 6.92 Å². The lowest BCUT2D eigenvalue weighted by molar-refractivity contribution is -0.132. The SMILES string of the molecule is COc1nc(Cl)nc(NC(C)C(=O)N2CCCCC2)n1. The molecule has 0 spiro atoms. The number of amides is 1. The van der Waals surface area contributed by atoms with E-state index < -0.39 is 6.04 Å². The Labute approximate surface area is 122 Å². The molecule has 20 heavy (non-hydrogen) atoms. The molecule has 0 aliphatic carbocycles. The fraction of sp³-hybridized carbons (Fsp3) is 0.667. The van der Waals surface area contributed by atoms with Crippen LogP contribution in [0.2, 0.25) is 5.28 Å². The van der Waals surface area contributed by atoms with Gasteiger partial charge in [-0.15, -0.1) is 0 Å². The Balaban J connectivity index is 2.01. The minimum atomic E-state index is -0.420. The molecule has 8 heteroatoms. The number of anilines is 1. The minimum absolute atomic E-state index is 0.0250. The molecule has 1 aliphatic rings. The molecular formula is C12H18ClN5O2. The van der Waals surface area contributed by atoms with E-state index in [0.717, 1.165) is 25.9 Å². The number of rotatable bonds is 4. The molecule has 0 saturated carbocycles. The van der Waals surface area contributed by atoms with Crippen molar-refractivity contribution in [1.29, 1.82) is 0 Å². The number of aromatic nitrogens is 3. The maximum absolute atomic E-state index is 12.3. The van der Waals surface area contributed by atoms with Crippen molar-refractivity contribution < 1.29 is 9.53 Å². The number of likely N-dealkylation sites (tertiary alicyclic amines) is 1. The van der Waals surface area contributed by atoms with E-state index in [-0.39, 0.29) is 23.1 Å². The highest BCUT2D eigenvalue weighted by molar-refractivity contribution is 6.28. The second-order valence-corrected chi connectivity index (χ2v) is 5.00. The van der Waals surface area contributed by atoms with Crippen LogP contribution in [0.1, 0.15) is 26.2 Å². The van der Waals surface area contributed by atoms with Crippen molar-refractivity contribution in [3.05, 3.63) is 5.28 Å². The molecule has 0 bridgehead atoms. The van der Waals surface area contributed by atoms with Crippen molar-refractivity contribution in [3.63, 3.8) is 0 Å². The Hall–Kier alpha value is -1.63. The van der Waals surface area contributed by atoms with Gasteiger partial charge in [-0.3, -0.25) is 4.79 Å². The zero-order valence-electron chi connectivity index (χ0n) is 11.6. The smallest absolute Gasteiger partial charge is 0.322 e. The average Bonchev–Trinajstić information content (AvgIpc) is 2.46. The first kappa shape index (κ1) is 14.8. The normalized spacial score (nSPS) is 16.6. The van der Waals surface area contributed by atoms with Gasteiger partial charge < -0.3 is 15.0 Å². The topological polar surface area (TPSA) is 80.2 Å². The van der Waals surface area contributed by atoms with Gasteiger partial charge >= 0.3 is 6.01 Å². The van der Waals surface area contributed by atoms with Gasteiger partial charge in [0.15, 0.2) is 0 Å². The van der Waals surface area contributed by atoms with Crippen LogP contribution in [0.3, 0.4) is 0 Å². The lowest BCUT2D eigenvalue weighted by atomic mass is 10.1. The van der Waals surface area contributed by atoms with Crippen LogP contribution in [0.15, 0.2) is 0 Å². The van der Waals surface area contributed by atoms with Gasteiger partial charge in [-0.05, 0) is 37.8 Å². The molecule has 1 amide bonds. The number of methoxy groups -OCH3 is 1. The summed E-state index contributed by atoms with van der Waals surface area (Å²) in [5.41, 5.74) is 0. The van der Waals surface area contributed by atoms with Crippen LogP contribution in [-0.4, -0.2) is 52.0 Å². The molecular weight excluding hydrogens is 282 g/mol. The molecule has 1 aromatic heterocycles. The molecule has 1 N–H and O–H groups in total. The maximum atomic E-state index is 12.3. The van der Waals surface area contributed by atoms with Crippen LogP contribution in [0.5, 0.6) is 6.01 Å². The Morgan fingerprint density at radius 3 is 2.65 bits per heavy atom. The standard InChI is InChI=1S/C12H18ClN5O2/c1-8(9(19)18-6-4-3-5-7-18)14-11-15-10(13)16-12(17-11)20-2/h8H,3-7H2,1-2H3,(H,14,15,16,17). The number of ether oxygens (including phenoxy) is 1. The zero-order chi connectivity index (χ0) is 14.5. The first-order valence-corrected chi connectivity index (χ1v) is 6.99. The van der Waals surface area contributed by atoms with E-state index in [1.165, 1.54) is 13.5 Å². The number of halogens is 1. The second kappa shape index (κ2) is 6.69. The Kier molecular flexibility index (Phi) is 4.94. The summed E-state index contributed by atoms with van der Waals surface area (Å²) in [7, 11) is 1.44. The number of nitrogens with one attached hydrogen (secondary N) is 1. The van der Waals surface area contributed by atoms with Crippen LogP contribution in [-0.2, 0) is 4.79 Å². The van der Waals surface area contributed by atoms with Crippen molar-refractivity contribution in [3.8, 4) is 6.01 Å². The first-order valence-electron chi connectivity index (χ1n) is 6.61. The van der Waals surface area contributed by atoms with Gasteiger partial charge in [0, 0.05) is 13.1 Å². The summed E-state index contributed by atoms with van der Waals surface area (Å²) in [6.45, 7) is 3.40. The van der Waals surface area contributed by atoms with E-state index in [4.69, 9.17) is 16.3 Å². The summed E-state index contributed by atoms with van der Waals surface area (Å²) in [6, 6.07) is -0.304. The Bertz CT molecular complexity index is 479. The highest BCUT2D eigenvalue weighted by Crippen LogP contribution is 2.14. The second-order valence-electron chi connectivity index (χ2n) is 4.67. The summed E-state index contributed by atoms with van der Waals surface area (Å²) in [4.78, 5) is 25.9. The van der Waals surface area contributed by atoms with Crippen LogP contribution in [0.4, 0.5) is 5.95 Å². The fourth-order valence-electron chi connectivity index (χ4n) is 2.13. The first-order chi connectivity index (χ1) is 9.60. The van der Waals surface area contributed by atoms with Crippen molar-refractivity contribution in [1.82, 2.24) is 19.9 Å². The summed E-state index contributed by atoms with van der Waals surface area (Å²) < 4.78 is 4.91. The highest BCUT2D eigenvalue weighted by Gasteiger charge is 2.22. The Morgan fingerprint density at radius 1 is 1.30 bits per heavy atom. The predicted molar refractivity (Wildman–Crippen MR) is 74.9 cm³/mol. The van der Waals surface area contributed by atoms with Gasteiger partial charge in [-0.2, -0.15) is 15.0 Å². The average molecular weight is 300 g/mol. The molecule has 1 saturated heterocycles. The number of hydrogen-bond donors (Lipinski definition) is 1. The van der Waals surface area contributed by atoms with Gasteiger partial charge in [-0.1, -0.05) is 0 Å². The maximum Gasteiger partial charge on any atom is 0.322 e. The molecule has 2 rings (SSSR count). The van der Waals surface area contributed by atoms with Crippen LogP contribution >= 0.6 is 11.6 Å². The molecule has 1 fully saturated rings. The fourth-order valence-corrected chi connectivity index (χ4v) is 2.28. The Morgan fingerprint density at radius 2 is 2.00 bits per heavy atom. The molecule has 1 atom stereocenters. The third-order valence-corrected chi connectivity index (χ3v) is 3.32. The van der Waals surface area contributed by atoms with E-state index in [9.17, 15) is 4.79 Å². The van der Waals surface area contributed by atoms with Gasteiger partial charge in [0.1, 0.15) is 6.04 Å². The summed E-state index contributed by atoms with van der Waals surface area (Å²) in [5, 5.41) is 2.96. The van der Waals surface area contributed by atoms with Gasteiger partial charge in [0.25, 0.3) is 0 Å². The monoisotopic (exact) mass is 299 g/mol.